The first-order chi connectivity index (χ1) is 15.5. The minimum absolute atomic E-state index is 0.222. The van der Waals surface area contributed by atoms with Gasteiger partial charge in [0.15, 0.2) is 0 Å². The molecule has 6 nitrogen and oxygen atoms in total. The molecule has 0 aliphatic carbocycles. The van der Waals surface area contributed by atoms with Crippen LogP contribution >= 0.6 is 0 Å². The molecule has 2 heterocycles. The largest absolute Gasteiger partial charge is 0.394 e. The fourth-order valence-corrected chi connectivity index (χ4v) is 3.36. The highest BCUT2D eigenvalue weighted by molar-refractivity contribution is 6.00. The molecular formula is C24H20F2N4O2. The van der Waals surface area contributed by atoms with E-state index >= 15 is 0 Å². The van der Waals surface area contributed by atoms with Crippen LogP contribution in [0.1, 0.15) is 16.1 Å². The molecule has 0 spiro atoms. The number of rotatable bonds is 7. The highest BCUT2D eigenvalue weighted by Crippen LogP contribution is 2.27. The molecule has 32 heavy (non-hydrogen) atoms. The number of hydrogen-bond acceptors (Lipinski definition) is 4. The Morgan fingerprint density at radius 1 is 1.03 bits per heavy atom. The van der Waals surface area contributed by atoms with Crippen molar-refractivity contribution in [2.45, 2.75) is 12.5 Å². The average molecular weight is 434 g/mol. The summed E-state index contributed by atoms with van der Waals surface area (Å²) >= 11 is 0. The molecule has 0 radical (unpaired) electrons. The number of amides is 1. The highest BCUT2D eigenvalue weighted by atomic mass is 19.1. The Hall–Kier alpha value is -3.91. The van der Waals surface area contributed by atoms with E-state index in [2.05, 4.69) is 20.5 Å². The van der Waals surface area contributed by atoms with Crippen molar-refractivity contribution in [3.8, 4) is 22.5 Å². The molecule has 4 rings (SSSR count). The highest BCUT2D eigenvalue weighted by Gasteiger charge is 2.19. The van der Waals surface area contributed by atoms with Crippen LogP contribution in [0, 0.1) is 11.6 Å². The summed E-state index contributed by atoms with van der Waals surface area (Å²) < 4.78 is 27.2. The lowest BCUT2D eigenvalue weighted by molar-refractivity contribution is 0.0917. The van der Waals surface area contributed by atoms with Gasteiger partial charge >= 0.3 is 0 Å². The van der Waals surface area contributed by atoms with Crippen molar-refractivity contribution >= 4 is 5.91 Å². The smallest absolute Gasteiger partial charge is 0.252 e. The topological polar surface area (TPSA) is 90.9 Å². The number of aromatic nitrogens is 3. The van der Waals surface area contributed by atoms with E-state index < -0.39 is 17.8 Å². The van der Waals surface area contributed by atoms with E-state index in [1.54, 1.807) is 36.5 Å². The third-order valence-corrected chi connectivity index (χ3v) is 4.97. The molecule has 0 saturated heterocycles. The summed E-state index contributed by atoms with van der Waals surface area (Å²) in [7, 11) is 0. The van der Waals surface area contributed by atoms with Crippen LogP contribution in [0.15, 0.2) is 72.9 Å². The number of aliphatic hydroxyl groups is 1. The van der Waals surface area contributed by atoms with E-state index in [4.69, 9.17) is 0 Å². The lowest BCUT2D eigenvalue weighted by Crippen LogP contribution is -2.39. The predicted octanol–water partition coefficient (Wildman–Crippen LogP) is 3.75. The number of carbonyl (C=O) groups is 1. The number of pyridine rings is 1. The molecule has 2 aromatic carbocycles. The van der Waals surface area contributed by atoms with Crippen molar-refractivity contribution in [1.29, 1.82) is 0 Å². The molecule has 2 aromatic heterocycles. The standard InChI is InChI=1S/C24H20F2N4O2/c25-16-6-4-15(5-7-16)22-13-23(30-29-22)21-11-17(26)8-9-20(21)24(32)28-19(14-31)12-18-3-1-2-10-27-18/h1-11,13,19,31H,12,14H2,(H,28,32)(H,29,30)/t19-/m1/s1. The quantitative estimate of drug-likeness (QED) is 0.413. The number of halogens is 2. The molecule has 0 fully saturated rings. The van der Waals surface area contributed by atoms with Gasteiger partial charge in [0.25, 0.3) is 5.91 Å². The lowest BCUT2D eigenvalue weighted by Gasteiger charge is -2.17. The van der Waals surface area contributed by atoms with Crippen LogP contribution in [0.5, 0.6) is 0 Å². The molecule has 0 unspecified atom stereocenters. The maximum atomic E-state index is 14.0. The fraction of sp³-hybridized carbons (Fsp3) is 0.125. The first-order valence-corrected chi connectivity index (χ1v) is 9.96. The van der Waals surface area contributed by atoms with Crippen molar-refractivity contribution in [2.75, 3.05) is 6.61 Å². The van der Waals surface area contributed by atoms with Crippen molar-refractivity contribution in [3.63, 3.8) is 0 Å². The number of H-pyrrole nitrogens is 1. The lowest BCUT2D eigenvalue weighted by atomic mass is 10.0. The SMILES string of the molecule is O=C(N[C@@H](CO)Cc1ccccn1)c1ccc(F)cc1-c1cc(-c2ccc(F)cc2)n[nH]1. The number of carbonyl (C=O) groups excluding carboxylic acids is 1. The van der Waals surface area contributed by atoms with Gasteiger partial charge in [0.05, 0.1) is 24.0 Å². The molecule has 1 atom stereocenters. The van der Waals surface area contributed by atoms with E-state index in [0.29, 0.717) is 28.9 Å². The summed E-state index contributed by atoms with van der Waals surface area (Å²) in [5, 5.41) is 19.5. The van der Waals surface area contributed by atoms with Gasteiger partial charge in [0.1, 0.15) is 11.6 Å². The number of aromatic amines is 1. The van der Waals surface area contributed by atoms with E-state index in [1.165, 1.54) is 30.3 Å². The Balaban J connectivity index is 1.59. The van der Waals surface area contributed by atoms with Gasteiger partial charge in [-0.3, -0.25) is 14.9 Å². The Bertz CT molecular complexity index is 1210. The first-order valence-electron chi connectivity index (χ1n) is 9.96. The summed E-state index contributed by atoms with van der Waals surface area (Å²) in [5.74, 6) is -1.34. The Morgan fingerprint density at radius 2 is 1.81 bits per heavy atom. The monoisotopic (exact) mass is 434 g/mol. The summed E-state index contributed by atoms with van der Waals surface area (Å²) in [6, 6.07) is 16.1. The van der Waals surface area contributed by atoms with Crippen LogP contribution in [-0.2, 0) is 6.42 Å². The van der Waals surface area contributed by atoms with Crippen LogP contribution in [0.2, 0.25) is 0 Å². The van der Waals surface area contributed by atoms with Crippen LogP contribution < -0.4 is 5.32 Å². The third kappa shape index (κ3) is 4.87. The first kappa shape index (κ1) is 21.3. The number of hydrogen-bond donors (Lipinski definition) is 3. The summed E-state index contributed by atoms with van der Waals surface area (Å²) in [4.78, 5) is 17.2. The molecule has 4 aromatic rings. The molecule has 162 valence electrons. The molecule has 3 N–H and O–H groups in total. The van der Waals surface area contributed by atoms with Crippen LogP contribution in [-0.4, -0.2) is 38.8 Å². The van der Waals surface area contributed by atoms with Gasteiger partial charge in [-0.05, 0) is 60.7 Å². The average Bonchev–Trinajstić information content (AvgIpc) is 3.30. The second-order valence-electron chi connectivity index (χ2n) is 7.24. The van der Waals surface area contributed by atoms with Crippen molar-refractivity contribution < 1.29 is 18.7 Å². The molecular weight excluding hydrogens is 414 g/mol. The molecule has 0 saturated carbocycles. The predicted molar refractivity (Wildman–Crippen MR) is 116 cm³/mol. The zero-order valence-corrected chi connectivity index (χ0v) is 16.9. The van der Waals surface area contributed by atoms with Gasteiger partial charge in [-0.2, -0.15) is 5.10 Å². The van der Waals surface area contributed by atoms with E-state index in [9.17, 15) is 18.7 Å². The Labute approximate surface area is 183 Å². The van der Waals surface area contributed by atoms with E-state index in [-0.39, 0.29) is 18.0 Å². The van der Waals surface area contributed by atoms with Crippen LogP contribution in [0.25, 0.3) is 22.5 Å². The van der Waals surface area contributed by atoms with Gasteiger partial charge in [-0.25, -0.2) is 8.78 Å². The van der Waals surface area contributed by atoms with Gasteiger partial charge in [-0.15, -0.1) is 0 Å². The molecule has 0 aliphatic rings. The zero-order valence-electron chi connectivity index (χ0n) is 16.9. The number of aliphatic hydroxyl groups excluding tert-OH is 1. The van der Waals surface area contributed by atoms with Gasteiger partial charge in [0.2, 0.25) is 0 Å². The summed E-state index contributed by atoms with van der Waals surface area (Å²) in [5.41, 5.74) is 2.90. The van der Waals surface area contributed by atoms with Crippen molar-refractivity contribution in [2.24, 2.45) is 0 Å². The Morgan fingerprint density at radius 3 is 2.53 bits per heavy atom. The second-order valence-corrected chi connectivity index (χ2v) is 7.24. The zero-order chi connectivity index (χ0) is 22.5. The minimum Gasteiger partial charge on any atom is -0.394 e. The van der Waals surface area contributed by atoms with Crippen molar-refractivity contribution in [3.05, 3.63) is 95.8 Å². The number of nitrogens with zero attached hydrogens (tertiary/aromatic N) is 2. The molecule has 0 bridgehead atoms. The van der Waals surface area contributed by atoms with Crippen LogP contribution in [0.3, 0.4) is 0 Å². The van der Waals surface area contributed by atoms with E-state index in [1.807, 2.05) is 6.07 Å². The molecule has 8 heteroatoms. The maximum Gasteiger partial charge on any atom is 0.252 e. The third-order valence-electron chi connectivity index (χ3n) is 4.97. The Kier molecular flexibility index (Phi) is 6.32. The number of nitrogens with one attached hydrogen (secondary N) is 2. The van der Waals surface area contributed by atoms with Gasteiger partial charge < -0.3 is 10.4 Å². The minimum atomic E-state index is -0.563. The number of benzene rings is 2. The summed E-state index contributed by atoms with van der Waals surface area (Å²) in [6.07, 6.45) is 1.99. The van der Waals surface area contributed by atoms with Gasteiger partial charge in [-0.1, -0.05) is 6.07 Å². The molecule has 0 aliphatic heterocycles. The maximum absolute atomic E-state index is 14.0. The second kappa shape index (κ2) is 9.49. The normalized spacial score (nSPS) is 11.8. The van der Waals surface area contributed by atoms with E-state index in [0.717, 1.165) is 5.69 Å². The fourth-order valence-electron chi connectivity index (χ4n) is 3.36. The van der Waals surface area contributed by atoms with Gasteiger partial charge in [0, 0.05) is 35.0 Å². The summed E-state index contributed by atoms with van der Waals surface area (Å²) in [6.45, 7) is -0.280. The van der Waals surface area contributed by atoms with Crippen LogP contribution in [0.4, 0.5) is 8.78 Å². The molecule has 1 amide bonds. The van der Waals surface area contributed by atoms with Crippen molar-refractivity contribution in [1.82, 2.24) is 20.5 Å².